The van der Waals surface area contributed by atoms with Gasteiger partial charge in [0.05, 0.1) is 0 Å². The van der Waals surface area contributed by atoms with E-state index in [1.54, 1.807) is 0 Å². The van der Waals surface area contributed by atoms with Crippen molar-refractivity contribution in [2.24, 2.45) is 0 Å². The van der Waals surface area contributed by atoms with Crippen molar-refractivity contribution >= 4 is 5.69 Å². The molecular weight excluding hydrogens is 262 g/mol. The maximum Gasteiger partial charge on any atom is 0.183 e. The molecule has 1 unspecified atom stereocenters. The lowest BCUT2D eigenvalue weighted by molar-refractivity contribution is 0.194. The van der Waals surface area contributed by atoms with Crippen LogP contribution in [0.4, 0.5) is 5.69 Å². The second-order valence-corrected chi connectivity index (χ2v) is 5.80. The molecule has 1 aromatic carbocycles. The minimum absolute atomic E-state index is 0.612. The normalized spacial score (nSPS) is 19.6. The quantitative estimate of drug-likeness (QED) is 0.907. The van der Waals surface area contributed by atoms with Crippen LogP contribution in [-0.4, -0.2) is 46.3 Å². The zero-order valence-corrected chi connectivity index (χ0v) is 12.8. The fourth-order valence-electron chi connectivity index (χ4n) is 2.93. The first-order chi connectivity index (χ1) is 10.2. The van der Waals surface area contributed by atoms with Crippen LogP contribution in [0.2, 0.25) is 0 Å². The molecule has 0 saturated carbocycles. The van der Waals surface area contributed by atoms with Gasteiger partial charge in [0.2, 0.25) is 0 Å². The Morgan fingerprint density at radius 1 is 1.33 bits per heavy atom. The van der Waals surface area contributed by atoms with Crippen molar-refractivity contribution in [1.29, 1.82) is 0 Å². The molecule has 1 saturated heterocycles. The third kappa shape index (κ3) is 3.24. The lowest BCUT2D eigenvalue weighted by atomic mass is 10.0. The molecule has 0 aliphatic carbocycles. The Hall–Kier alpha value is -1.88. The van der Waals surface area contributed by atoms with E-state index in [9.17, 15) is 0 Å². The molecule has 1 aromatic heterocycles. The second-order valence-electron chi connectivity index (χ2n) is 5.80. The van der Waals surface area contributed by atoms with Gasteiger partial charge in [-0.25, -0.2) is 4.98 Å². The Bertz CT molecular complexity index is 592. The molecule has 0 amide bonds. The number of H-pyrrole nitrogens is 1. The van der Waals surface area contributed by atoms with E-state index < -0.39 is 0 Å². The molecule has 5 heteroatoms. The fraction of sp³-hybridized carbons (Fsp3) is 0.500. The number of likely N-dealkylation sites (N-methyl/N-ethyl adjacent to an activating group) is 1. The molecule has 0 radical (unpaired) electrons. The summed E-state index contributed by atoms with van der Waals surface area (Å²) in [7, 11) is 2.22. The fourth-order valence-corrected chi connectivity index (χ4v) is 2.93. The Kier molecular flexibility index (Phi) is 4.20. The highest BCUT2D eigenvalue weighted by molar-refractivity contribution is 5.73. The number of rotatable bonds is 4. The van der Waals surface area contributed by atoms with Crippen LogP contribution in [0.25, 0.3) is 11.4 Å². The van der Waals surface area contributed by atoms with Crippen molar-refractivity contribution < 1.29 is 0 Å². The molecule has 2 N–H and O–H groups in total. The summed E-state index contributed by atoms with van der Waals surface area (Å²) in [6.45, 7) is 4.09. The average molecular weight is 285 g/mol. The lowest BCUT2D eigenvalue weighted by Gasteiger charge is -2.32. The highest BCUT2D eigenvalue weighted by Gasteiger charge is 2.19. The highest BCUT2D eigenvalue weighted by atomic mass is 15.2. The molecular formula is C16H23N5. The molecule has 1 atom stereocenters. The predicted molar refractivity (Wildman–Crippen MR) is 85.3 cm³/mol. The van der Waals surface area contributed by atoms with Crippen molar-refractivity contribution in [3.05, 3.63) is 30.1 Å². The molecule has 112 valence electrons. The Morgan fingerprint density at radius 2 is 2.19 bits per heavy atom. The Balaban J connectivity index is 1.73. The van der Waals surface area contributed by atoms with E-state index in [1.165, 1.54) is 25.8 Å². The molecule has 0 spiro atoms. The summed E-state index contributed by atoms with van der Waals surface area (Å²) >= 11 is 0. The minimum Gasteiger partial charge on any atom is -0.383 e. The molecule has 1 aliphatic rings. The number of hydrogen-bond acceptors (Lipinski definition) is 4. The highest BCUT2D eigenvalue weighted by Crippen LogP contribution is 2.25. The van der Waals surface area contributed by atoms with Gasteiger partial charge in [0.25, 0.3) is 0 Å². The predicted octanol–water partition coefficient (Wildman–Crippen LogP) is 2.68. The van der Waals surface area contributed by atoms with Gasteiger partial charge in [-0.05, 0) is 45.5 Å². The van der Waals surface area contributed by atoms with Crippen molar-refractivity contribution in [3.8, 4) is 11.4 Å². The number of piperidine rings is 1. The lowest BCUT2D eigenvalue weighted by Crippen LogP contribution is -2.40. The van der Waals surface area contributed by atoms with E-state index >= 15 is 0 Å². The van der Waals surface area contributed by atoms with E-state index in [1.807, 2.05) is 13.0 Å². The van der Waals surface area contributed by atoms with Crippen LogP contribution < -0.4 is 5.32 Å². The van der Waals surface area contributed by atoms with Crippen molar-refractivity contribution in [1.82, 2.24) is 20.1 Å². The molecule has 2 aromatic rings. The van der Waals surface area contributed by atoms with Crippen LogP contribution in [0.3, 0.4) is 0 Å². The van der Waals surface area contributed by atoms with E-state index in [0.717, 1.165) is 29.4 Å². The van der Waals surface area contributed by atoms with Crippen LogP contribution in [0.15, 0.2) is 24.3 Å². The van der Waals surface area contributed by atoms with E-state index in [4.69, 9.17) is 0 Å². The number of anilines is 1. The standard InChI is InChI=1S/C16H23N5/c1-12-18-16(20-19-12)14-8-3-4-9-15(14)17-11-13-7-5-6-10-21(13)2/h3-4,8-9,13,17H,5-7,10-11H2,1-2H3,(H,18,19,20). The summed E-state index contributed by atoms with van der Waals surface area (Å²) in [5.41, 5.74) is 2.16. The van der Waals surface area contributed by atoms with E-state index in [0.29, 0.717) is 6.04 Å². The summed E-state index contributed by atoms with van der Waals surface area (Å²) in [6, 6.07) is 8.86. The van der Waals surface area contributed by atoms with Gasteiger partial charge in [0.1, 0.15) is 5.82 Å². The first-order valence-electron chi connectivity index (χ1n) is 7.66. The van der Waals surface area contributed by atoms with E-state index in [2.05, 4.69) is 50.6 Å². The number of benzene rings is 1. The number of aromatic nitrogens is 3. The molecule has 1 aliphatic heterocycles. The molecule has 3 rings (SSSR count). The molecule has 2 heterocycles. The van der Waals surface area contributed by atoms with E-state index in [-0.39, 0.29) is 0 Å². The minimum atomic E-state index is 0.612. The number of aryl methyl sites for hydroxylation is 1. The smallest absolute Gasteiger partial charge is 0.183 e. The zero-order chi connectivity index (χ0) is 14.7. The molecule has 1 fully saturated rings. The third-order valence-corrected chi connectivity index (χ3v) is 4.21. The number of likely N-dealkylation sites (tertiary alicyclic amines) is 1. The third-order valence-electron chi connectivity index (χ3n) is 4.21. The Labute approximate surface area is 125 Å². The van der Waals surface area contributed by atoms with Crippen LogP contribution in [0.1, 0.15) is 25.1 Å². The number of aromatic amines is 1. The van der Waals surface area contributed by atoms with Crippen LogP contribution in [0, 0.1) is 6.92 Å². The molecule has 0 bridgehead atoms. The van der Waals surface area contributed by atoms with Gasteiger partial charge in [-0.1, -0.05) is 18.6 Å². The van der Waals surface area contributed by atoms with Gasteiger partial charge >= 0.3 is 0 Å². The van der Waals surface area contributed by atoms with Crippen LogP contribution in [-0.2, 0) is 0 Å². The van der Waals surface area contributed by atoms with Crippen LogP contribution in [0.5, 0.6) is 0 Å². The first-order valence-corrected chi connectivity index (χ1v) is 7.66. The van der Waals surface area contributed by atoms with Crippen molar-refractivity contribution in [2.45, 2.75) is 32.2 Å². The summed E-state index contributed by atoms with van der Waals surface area (Å²) in [5.74, 6) is 1.60. The van der Waals surface area contributed by atoms with Crippen LogP contribution >= 0.6 is 0 Å². The zero-order valence-electron chi connectivity index (χ0n) is 12.8. The average Bonchev–Trinajstić information content (AvgIpc) is 2.93. The molecule has 5 nitrogen and oxygen atoms in total. The van der Waals surface area contributed by atoms with Gasteiger partial charge in [-0.15, -0.1) is 0 Å². The summed E-state index contributed by atoms with van der Waals surface area (Å²) in [5, 5.41) is 10.8. The number of nitrogens with one attached hydrogen (secondary N) is 2. The van der Waals surface area contributed by atoms with Gasteiger partial charge in [0, 0.05) is 23.8 Å². The second kappa shape index (κ2) is 6.26. The van der Waals surface area contributed by atoms with Gasteiger partial charge in [0.15, 0.2) is 5.82 Å². The van der Waals surface area contributed by atoms with Crippen molar-refractivity contribution in [2.75, 3.05) is 25.5 Å². The maximum atomic E-state index is 4.43. The first kappa shape index (κ1) is 14.1. The number of para-hydroxylation sites is 1. The monoisotopic (exact) mass is 285 g/mol. The van der Waals surface area contributed by atoms with Gasteiger partial charge in [-0.2, -0.15) is 5.10 Å². The van der Waals surface area contributed by atoms with Gasteiger partial charge < -0.3 is 10.2 Å². The maximum absolute atomic E-state index is 4.43. The summed E-state index contributed by atoms with van der Waals surface area (Å²) in [6.07, 6.45) is 3.92. The summed E-state index contributed by atoms with van der Waals surface area (Å²) in [4.78, 5) is 6.89. The Morgan fingerprint density at radius 3 is 2.95 bits per heavy atom. The topological polar surface area (TPSA) is 56.8 Å². The SMILES string of the molecule is Cc1nc(-c2ccccc2NCC2CCCCN2C)n[nH]1. The largest absolute Gasteiger partial charge is 0.383 e. The molecule has 21 heavy (non-hydrogen) atoms. The number of hydrogen-bond donors (Lipinski definition) is 2. The summed E-state index contributed by atoms with van der Waals surface area (Å²) < 4.78 is 0. The number of nitrogens with zero attached hydrogens (tertiary/aromatic N) is 3. The van der Waals surface area contributed by atoms with Crippen molar-refractivity contribution in [3.63, 3.8) is 0 Å². The van der Waals surface area contributed by atoms with Gasteiger partial charge in [-0.3, -0.25) is 5.10 Å².